The summed E-state index contributed by atoms with van der Waals surface area (Å²) < 4.78 is 1.52. The van der Waals surface area contributed by atoms with E-state index in [9.17, 15) is 15.2 Å². The van der Waals surface area contributed by atoms with Gasteiger partial charge in [0, 0.05) is 0 Å². The number of nitrogen functional groups attached to an aromatic ring is 1. The van der Waals surface area contributed by atoms with Crippen molar-refractivity contribution < 1.29 is 10.0 Å². The first-order chi connectivity index (χ1) is 12.0. The molecule has 1 aromatic heterocycles. The molecule has 0 saturated heterocycles. The molecule has 0 fully saturated rings. The zero-order chi connectivity index (χ0) is 18.0. The van der Waals surface area contributed by atoms with Crippen molar-refractivity contribution in [3.8, 4) is 11.4 Å². The molecule has 0 atom stereocenters. The summed E-state index contributed by atoms with van der Waals surface area (Å²) in [7, 11) is 0. The summed E-state index contributed by atoms with van der Waals surface area (Å²) >= 11 is 0. The van der Waals surface area contributed by atoms with Crippen molar-refractivity contribution >= 4 is 22.9 Å². The average molecular weight is 338 g/mol. The summed E-state index contributed by atoms with van der Waals surface area (Å²) in [4.78, 5) is 10.4. The summed E-state index contributed by atoms with van der Waals surface area (Å²) in [6.45, 7) is 1.72. The molecule has 9 nitrogen and oxygen atoms in total. The van der Waals surface area contributed by atoms with Gasteiger partial charge < -0.3 is 10.8 Å². The number of para-hydroxylation sites is 1. The first-order valence-electron chi connectivity index (χ1n) is 7.27. The Morgan fingerprint density at radius 2 is 1.92 bits per heavy atom. The van der Waals surface area contributed by atoms with Gasteiger partial charge >= 0.3 is 0 Å². The van der Waals surface area contributed by atoms with E-state index < -0.39 is 4.92 Å². The van der Waals surface area contributed by atoms with Crippen LogP contribution in [0.4, 0.5) is 22.9 Å². The van der Waals surface area contributed by atoms with Gasteiger partial charge in [-0.15, -0.1) is 10.2 Å². The van der Waals surface area contributed by atoms with Gasteiger partial charge in [-0.25, -0.2) is 4.68 Å². The van der Waals surface area contributed by atoms with E-state index in [-0.39, 0.29) is 22.9 Å². The van der Waals surface area contributed by atoms with Gasteiger partial charge in [0.05, 0.1) is 22.4 Å². The van der Waals surface area contributed by atoms with Gasteiger partial charge in [0.1, 0.15) is 5.75 Å². The number of benzene rings is 2. The number of aromatic nitrogens is 2. The van der Waals surface area contributed by atoms with Crippen LogP contribution >= 0.6 is 0 Å². The molecule has 3 rings (SSSR count). The number of nitrogens with two attached hydrogens (primary N) is 1. The number of aryl methyl sites for hydroxylation is 1. The van der Waals surface area contributed by atoms with Crippen molar-refractivity contribution in [2.75, 3.05) is 5.73 Å². The predicted octanol–water partition coefficient (Wildman–Crippen LogP) is 3.79. The number of rotatable bonds is 4. The van der Waals surface area contributed by atoms with Crippen LogP contribution in [0, 0.1) is 17.0 Å². The summed E-state index contributed by atoms with van der Waals surface area (Å²) in [6.07, 6.45) is 0. The van der Waals surface area contributed by atoms with Gasteiger partial charge in [-0.3, -0.25) is 10.1 Å². The molecular formula is C16H14N6O3. The summed E-state index contributed by atoms with van der Waals surface area (Å²) in [5.41, 5.74) is 7.38. The second-order valence-corrected chi connectivity index (χ2v) is 5.20. The number of phenols is 1. The van der Waals surface area contributed by atoms with E-state index in [0.29, 0.717) is 11.4 Å². The molecule has 0 bridgehead atoms. The zero-order valence-corrected chi connectivity index (χ0v) is 13.2. The lowest BCUT2D eigenvalue weighted by molar-refractivity contribution is -0.384. The van der Waals surface area contributed by atoms with Gasteiger partial charge in [0.15, 0.2) is 17.2 Å². The zero-order valence-electron chi connectivity index (χ0n) is 13.2. The number of nitro groups is 1. The topological polar surface area (TPSA) is 132 Å². The normalized spacial score (nSPS) is 11.1. The second-order valence-electron chi connectivity index (χ2n) is 5.20. The van der Waals surface area contributed by atoms with Gasteiger partial charge in [-0.2, -0.15) is 5.10 Å². The minimum absolute atomic E-state index is 0.00839. The monoisotopic (exact) mass is 338 g/mol. The molecule has 0 spiro atoms. The van der Waals surface area contributed by atoms with Crippen LogP contribution in [0.15, 0.2) is 58.8 Å². The maximum Gasteiger partial charge on any atom is 0.300 e. The molecule has 0 radical (unpaired) electrons. The smallest absolute Gasteiger partial charge is 0.300 e. The Morgan fingerprint density at radius 3 is 2.60 bits per heavy atom. The van der Waals surface area contributed by atoms with Gasteiger partial charge in [0.25, 0.3) is 5.69 Å². The predicted molar refractivity (Wildman–Crippen MR) is 91.7 cm³/mol. The Bertz CT molecular complexity index is 966. The highest BCUT2D eigenvalue weighted by molar-refractivity contribution is 5.65. The van der Waals surface area contributed by atoms with Crippen molar-refractivity contribution in [1.29, 1.82) is 0 Å². The van der Waals surface area contributed by atoms with E-state index in [4.69, 9.17) is 5.73 Å². The molecule has 0 unspecified atom stereocenters. The van der Waals surface area contributed by atoms with Crippen LogP contribution in [-0.2, 0) is 0 Å². The molecule has 0 saturated carbocycles. The number of phenolic OH excluding ortho intramolecular Hbond substituents is 1. The van der Waals surface area contributed by atoms with E-state index in [1.54, 1.807) is 6.92 Å². The van der Waals surface area contributed by atoms with E-state index >= 15 is 0 Å². The highest BCUT2D eigenvalue weighted by Gasteiger charge is 2.16. The minimum atomic E-state index is -0.641. The molecule has 0 aliphatic heterocycles. The van der Waals surface area contributed by atoms with E-state index in [1.165, 1.54) is 16.8 Å². The Labute approximate surface area is 142 Å². The number of nitrogens with zero attached hydrogens (tertiary/aromatic N) is 5. The Kier molecular flexibility index (Phi) is 4.12. The number of hydrogen-bond acceptors (Lipinski definition) is 7. The third-order valence-corrected chi connectivity index (χ3v) is 3.48. The van der Waals surface area contributed by atoms with Gasteiger partial charge in [-0.05, 0) is 31.2 Å². The first kappa shape index (κ1) is 16.1. The average Bonchev–Trinajstić information content (AvgIpc) is 2.89. The number of nitro benzene ring substituents is 1. The number of azo groups is 1. The summed E-state index contributed by atoms with van der Waals surface area (Å²) in [5, 5.41) is 32.7. The van der Waals surface area contributed by atoms with Crippen molar-refractivity contribution in [2.24, 2.45) is 10.2 Å². The lowest BCUT2D eigenvalue weighted by Crippen LogP contribution is -2.01. The molecule has 3 N–H and O–H groups in total. The fourth-order valence-corrected chi connectivity index (χ4v) is 2.27. The van der Waals surface area contributed by atoms with Crippen LogP contribution in [0.5, 0.6) is 5.75 Å². The molecule has 0 aliphatic carbocycles. The fourth-order valence-electron chi connectivity index (χ4n) is 2.27. The van der Waals surface area contributed by atoms with Crippen LogP contribution in [0.1, 0.15) is 5.69 Å². The maximum atomic E-state index is 11.1. The molecule has 0 amide bonds. The lowest BCUT2D eigenvalue weighted by atomic mass is 10.2. The summed E-state index contributed by atoms with van der Waals surface area (Å²) in [5.74, 6) is 0.0483. The van der Waals surface area contributed by atoms with Crippen molar-refractivity contribution in [2.45, 2.75) is 6.92 Å². The Balaban J connectivity index is 2.01. The number of aromatic hydroxyl groups is 1. The molecule has 3 aromatic rings. The van der Waals surface area contributed by atoms with Crippen LogP contribution in [0.3, 0.4) is 0 Å². The van der Waals surface area contributed by atoms with Gasteiger partial charge in [0.2, 0.25) is 0 Å². The highest BCUT2D eigenvalue weighted by atomic mass is 16.6. The van der Waals surface area contributed by atoms with E-state index in [2.05, 4.69) is 15.3 Å². The molecule has 126 valence electrons. The molecule has 25 heavy (non-hydrogen) atoms. The minimum Gasteiger partial charge on any atom is -0.508 e. The molecule has 9 heteroatoms. The molecule has 1 heterocycles. The molecule has 0 aliphatic rings. The van der Waals surface area contributed by atoms with Crippen LogP contribution in [-0.4, -0.2) is 19.8 Å². The third-order valence-electron chi connectivity index (χ3n) is 3.48. The first-order valence-corrected chi connectivity index (χ1v) is 7.27. The van der Waals surface area contributed by atoms with Crippen molar-refractivity contribution in [1.82, 2.24) is 9.78 Å². The third kappa shape index (κ3) is 3.15. The standard InChI is InChI=1S/C16H14N6O3/c1-10-15(16(17)21(20-10)11-5-3-2-4-6-11)19-18-13-8-7-12(23)9-14(13)22(24)25/h2-9,23H,17H2,1H3. The van der Waals surface area contributed by atoms with Crippen LogP contribution in [0.2, 0.25) is 0 Å². The summed E-state index contributed by atoms with van der Waals surface area (Å²) in [6, 6.07) is 12.9. The number of anilines is 1. The molecule has 2 aromatic carbocycles. The van der Waals surface area contributed by atoms with Gasteiger partial charge in [-0.1, -0.05) is 18.2 Å². The van der Waals surface area contributed by atoms with Crippen molar-refractivity contribution in [3.05, 3.63) is 64.3 Å². The SMILES string of the molecule is Cc1nn(-c2ccccc2)c(N)c1N=Nc1ccc(O)cc1[N+](=O)[O-]. The Morgan fingerprint density at radius 1 is 1.20 bits per heavy atom. The second kappa shape index (κ2) is 6.40. The lowest BCUT2D eigenvalue weighted by Gasteiger charge is -2.02. The Hall–Kier alpha value is -3.75. The van der Waals surface area contributed by atoms with E-state index in [0.717, 1.165) is 11.8 Å². The van der Waals surface area contributed by atoms with E-state index in [1.807, 2.05) is 30.3 Å². The van der Waals surface area contributed by atoms with Crippen LogP contribution < -0.4 is 5.73 Å². The highest BCUT2D eigenvalue weighted by Crippen LogP contribution is 2.34. The largest absolute Gasteiger partial charge is 0.508 e. The maximum absolute atomic E-state index is 11.1. The quantitative estimate of drug-likeness (QED) is 0.424. The number of hydrogen-bond donors (Lipinski definition) is 2. The van der Waals surface area contributed by atoms with Crippen molar-refractivity contribution in [3.63, 3.8) is 0 Å². The molecular weight excluding hydrogens is 324 g/mol. The fraction of sp³-hybridized carbons (Fsp3) is 0.0625. The van der Waals surface area contributed by atoms with Crippen LogP contribution in [0.25, 0.3) is 5.69 Å².